The first-order chi connectivity index (χ1) is 4.75. The van der Waals surface area contributed by atoms with Crippen molar-refractivity contribution < 1.29 is 4.39 Å². The molecular formula is C8H7BrF. The summed E-state index contributed by atoms with van der Waals surface area (Å²) < 4.78 is 13.4. The summed E-state index contributed by atoms with van der Waals surface area (Å²) in [6.07, 6.45) is 0.491. The third kappa shape index (κ3) is 1.37. The van der Waals surface area contributed by atoms with Gasteiger partial charge in [-0.05, 0) is 40.9 Å². The molecule has 0 aliphatic heterocycles. The molecule has 0 aliphatic rings. The predicted octanol–water partition coefficient (Wildman–Crippen LogP) is 2.96. The fraction of sp³-hybridized carbons (Fsp3) is 0.125. The van der Waals surface area contributed by atoms with E-state index in [1.54, 1.807) is 18.2 Å². The monoisotopic (exact) mass is 201 g/mol. The van der Waals surface area contributed by atoms with Gasteiger partial charge in [-0.15, -0.1) is 0 Å². The van der Waals surface area contributed by atoms with Crippen LogP contribution in [0.15, 0.2) is 22.7 Å². The van der Waals surface area contributed by atoms with Crippen molar-refractivity contribution in [3.05, 3.63) is 41.0 Å². The van der Waals surface area contributed by atoms with Crippen LogP contribution in [-0.4, -0.2) is 0 Å². The highest BCUT2D eigenvalue weighted by Gasteiger charge is 2.01. The lowest BCUT2D eigenvalue weighted by atomic mass is 10.2. The second kappa shape index (κ2) is 3.15. The van der Waals surface area contributed by atoms with Gasteiger partial charge in [-0.1, -0.05) is 12.1 Å². The standard InChI is InChI=1S/C8H7BrF/c1-2-6-4-3-5-7(9)8(6)10/h3-5H,1-2H2. The van der Waals surface area contributed by atoms with Gasteiger partial charge in [0.2, 0.25) is 0 Å². The van der Waals surface area contributed by atoms with Crippen molar-refractivity contribution in [2.45, 2.75) is 6.42 Å². The SMILES string of the molecule is [CH2]Cc1cccc(Br)c1F. The Kier molecular flexibility index (Phi) is 2.44. The minimum Gasteiger partial charge on any atom is -0.205 e. The molecule has 0 heterocycles. The van der Waals surface area contributed by atoms with Crippen molar-refractivity contribution in [2.75, 3.05) is 0 Å². The van der Waals surface area contributed by atoms with E-state index >= 15 is 0 Å². The van der Waals surface area contributed by atoms with E-state index in [0.29, 0.717) is 16.5 Å². The van der Waals surface area contributed by atoms with Crippen LogP contribution in [0.4, 0.5) is 4.39 Å². The van der Waals surface area contributed by atoms with Gasteiger partial charge in [0.25, 0.3) is 0 Å². The van der Waals surface area contributed by atoms with Crippen molar-refractivity contribution in [2.24, 2.45) is 0 Å². The molecule has 10 heavy (non-hydrogen) atoms. The first-order valence-electron chi connectivity index (χ1n) is 2.98. The Balaban J connectivity index is 3.14. The van der Waals surface area contributed by atoms with E-state index in [0.717, 1.165) is 0 Å². The maximum Gasteiger partial charge on any atom is 0.140 e. The number of benzene rings is 1. The van der Waals surface area contributed by atoms with Crippen LogP contribution in [0.25, 0.3) is 0 Å². The molecule has 0 bridgehead atoms. The fourth-order valence-corrected chi connectivity index (χ4v) is 1.15. The fourth-order valence-electron chi connectivity index (χ4n) is 0.742. The van der Waals surface area contributed by atoms with Crippen LogP contribution in [-0.2, 0) is 6.42 Å². The molecule has 0 spiro atoms. The average molecular weight is 202 g/mol. The highest BCUT2D eigenvalue weighted by atomic mass is 79.9. The molecule has 0 aliphatic carbocycles. The first kappa shape index (κ1) is 7.73. The maximum atomic E-state index is 12.9. The first-order valence-corrected chi connectivity index (χ1v) is 3.77. The zero-order chi connectivity index (χ0) is 7.56. The zero-order valence-electron chi connectivity index (χ0n) is 5.40. The van der Waals surface area contributed by atoms with Gasteiger partial charge in [0.1, 0.15) is 5.82 Å². The smallest absolute Gasteiger partial charge is 0.140 e. The van der Waals surface area contributed by atoms with Crippen LogP contribution in [0.1, 0.15) is 5.56 Å². The van der Waals surface area contributed by atoms with Gasteiger partial charge in [0.05, 0.1) is 4.47 Å². The van der Waals surface area contributed by atoms with Gasteiger partial charge in [0, 0.05) is 0 Å². The van der Waals surface area contributed by atoms with Crippen molar-refractivity contribution in [3.63, 3.8) is 0 Å². The molecule has 0 aromatic heterocycles. The summed E-state index contributed by atoms with van der Waals surface area (Å²) in [5, 5.41) is 0. The molecule has 53 valence electrons. The minimum absolute atomic E-state index is 0.197. The number of rotatable bonds is 1. The van der Waals surface area contributed by atoms with Crippen LogP contribution >= 0.6 is 15.9 Å². The highest BCUT2D eigenvalue weighted by Crippen LogP contribution is 2.18. The van der Waals surface area contributed by atoms with Crippen LogP contribution in [0.5, 0.6) is 0 Å². The van der Waals surface area contributed by atoms with Crippen molar-refractivity contribution in [1.82, 2.24) is 0 Å². The molecule has 0 fully saturated rings. The molecule has 1 aromatic carbocycles. The van der Waals surface area contributed by atoms with Gasteiger partial charge in [-0.2, -0.15) is 0 Å². The van der Waals surface area contributed by atoms with Crippen LogP contribution in [0, 0.1) is 12.7 Å². The van der Waals surface area contributed by atoms with E-state index in [4.69, 9.17) is 0 Å². The normalized spacial score (nSPS) is 9.90. The average Bonchev–Trinajstić information content (AvgIpc) is 1.95. The molecule has 0 nitrogen and oxygen atoms in total. The van der Waals surface area contributed by atoms with E-state index in [1.165, 1.54) is 0 Å². The van der Waals surface area contributed by atoms with Crippen molar-refractivity contribution in [1.29, 1.82) is 0 Å². The van der Waals surface area contributed by atoms with Gasteiger partial charge in [-0.25, -0.2) is 4.39 Å². The van der Waals surface area contributed by atoms with E-state index in [1.807, 2.05) is 0 Å². The summed E-state index contributed by atoms with van der Waals surface area (Å²) in [7, 11) is 0. The van der Waals surface area contributed by atoms with Crippen LogP contribution in [0.3, 0.4) is 0 Å². The molecule has 0 amide bonds. The second-order valence-electron chi connectivity index (χ2n) is 1.96. The summed E-state index contributed by atoms with van der Waals surface area (Å²) in [5.74, 6) is -0.197. The molecule has 1 rings (SSSR count). The van der Waals surface area contributed by atoms with E-state index in [2.05, 4.69) is 22.9 Å². The summed E-state index contributed by atoms with van der Waals surface area (Å²) in [4.78, 5) is 0. The third-order valence-corrected chi connectivity index (χ3v) is 1.91. The van der Waals surface area contributed by atoms with Gasteiger partial charge < -0.3 is 0 Å². The predicted molar refractivity (Wildman–Crippen MR) is 43.2 cm³/mol. The van der Waals surface area contributed by atoms with E-state index in [-0.39, 0.29) is 5.82 Å². The molecular weight excluding hydrogens is 195 g/mol. The third-order valence-electron chi connectivity index (χ3n) is 1.30. The van der Waals surface area contributed by atoms with Crippen molar-refractivity contribution >= 4 is 15.9 Å². The Morgan fingerprint density at radius 1 is 1.50 bits per heavy atom. The molecule has 0 saturated carbocycles. The summed E-state index contributed by atoms with van der Waals surface area (Å²) in [5.41, 5.74) is 0.648. The summed E-state index contributed by atoms with van der Waals surface area (Å²) in [6, 6.07) is 5.20. The van der Waals surface area contributed by atoms with Gasteiger partial charge in [-0.3, -0.25) is 0 Å². The Labute approximate surface area is 68.2 Å². The highest BCUT2D eigenvalue weighted by molar-refractivity contribution is 9.10. The van der Waals surface area contributed by atoms with Gasteiger partial charge >= 0.3 is 0 Å². The molecule has 0 unspecified atom stereocenters. The summed E-state index contributed by atoms with van der Waals surface area (Å²) in [6.45, 7) is 3.60. The molecule has 0 atom stereocenters. The molecule has 0 saturated heterocycles. The van der Waals surface area contributed by atoms with E-state index < -0.39 is 0 Å². The van der Waals surface area contributed by atoms with Crippen molar-refractivity contribution in [3.8, 4) is 0 Å². The topological polar surface area (TPSA) is 0 Å². The maximum absolute atomic E-state index is 12.9. The number of hydrogen-bond donors (Lipinski definition) is 0. The lowest BCUT2D eigenvalue weighted by Crippen LogP contribution is -1.87. The van der Waals surface area contributed by atoms with Crippen LogP contribution in [0.2, 0.25) is 0 Å². The second-order valence-corrected chi connectivity index (χ2v) is 2.82. The molecule has 1 aromatic rings. The molecule has 0 N–H and O–H groups in total. The quantitative estimate of drug-likeness (QED) is 0.656. The number of halogens is 2. The zero-order valence-corrected chi connectivity index (χ0v) is 6.99. The van der Waals surface area contributed by atoms with E-state index in [9.17, 15) is 4.39 Å². The van der Waals surface area contributed by atoms with Gasteiger partial charge in [0.15, 0.2) is 0 Å². The lowest BCUT2D eigenvalue weighted by Gasteiger charge is -1.98. The Bertz CT molecular complexity index is 233. The Hall–Kier alpha value is -0.370. The number of hydrogen-bond acceptors (Lipinski definition) is 0. The molecule has 2 heteroatoms. The Morgan fingerprint density at radius 2 is 2.20 bits per heavy atom. The minimum atomic E-state index is -0.197. The summed E-state index contributed by atoms with van der Waals surface area (Å²) >= 11 is 3.08. The largest absolute Gasteiger partial charge is 0.205 e. The lowest BCUT2D eigenvalue weighted by molar-refractivity contribution is 0.608. The Morgan fingerprint density at radius 3 is 2.70 bits per heavy atom. The van der Waals surface area contributed by atoms with Crippen LogP contribution < -0.4 is 0 Å². The molecule has 1 radical (unpaired) electrons.